The van der Waals surface area contributed by atoms with Gasteiger partial charge < -0.3 is 15.0 Å². The van der Waals surface area contributed by atoms with Crippen LogP contribution in [0.4, 0.5) is 5.95 Å². The first-order valence-electron chi connectivity index (χ1n) is 10.6. The van der Waals surface area contributed by atoms with Crippen LogP contribution in [-0.4, -0.2) is 48.1 Å². The first kappa shape index (κ1) is 22.0. The Hall–Kier alpha value is -2.70. The molecule has 0 radical (unpaired) electrons. The molecular weight excluding hydrogens is 380 g/mol. The smallest absolute Gasteiger partial charge is 0.328 e. The van der Waals surface area contributed by atoms with Gasteiger partial charge in [-0.2, -0.15) is 0 Å². The summed E-state index contributed by atoms with van der Waals surface area (Å²) < 4.78 is 4.82. The number of amides is 1. The van der Waals surface area contributed by atoms with Gasteiger partial charge in [0.15, 0.2) is 0 Å². The van der Waals surface area contributed by atoms with Crippen LogP contribution >= 0.6 is 0 Å². The van der Waals surface area contributed by atoms with E-state index in [9.17, 15) is 9.59 Å². The number of aryl methyl sites for hydroxylation is 3. The standard InChI is InChI=1S/C23H32N4O3/c1-13(2)20(22(29)30-6)26-21(28)17-7-9-27(10-8-17)23-24-16(5)18-11-14(3)15(4)12-19(18)25-23/h11-13,17,20H,7-10H2,1-6H3,(H,26,28)/t20-/m0/s1. The number of hydrogen-bond acceptors (Lipinski definition) is 6. The number of ether oxygens (including phenoxy) is 1. The molecule has 1 atom stereocenters. The number of carbonyl (C=O) groups is 2. The molecule has 1 aliphatic rings. The number of piperidine rings is 1. The van der Waals surface area contributed by atoms with E-state index in [-0.39, 0.29) is 17.7 Å². The summed E-state index contributed by atoms with van der Waals surface area (Å²) in [5.74, 6) is 0.0831. The Morgan fingerprint density at radius 1 is 1.10 bits per heavy atom. The van der Waals surface area contributed by atoms with Crippen LogP contribution in [0, 0.1) is 32.6 Å². The first-order chi connectivity index (χ1) is 14.2. The number of rotatable bonds is 5. The molecule has 1 N–H and O–H groups in total. The number of aromatic nitrogens is 2. The van der Waals surface area contributed by atoms with Crippen LogP contribution in [0.2, 0.25) is 0 Å². The van der Waals surface area contributed by atoms with Crippen LogP contribution in [0.5, 0.6) is 0 Å². The molecule has 0 saturated carbocycles. The molecule has 1 aliphatic heterocycles. The zero-order valence-electron chi connectivity index (χ0n) is 18.8. The molecule has 1 aromatic heterocycles. The highest BCUT2D eigenvalue weighted by atomic mass is 16.5. The molecule has 3 rings (SSSR count). The van der Waals surface area contributed by atoms with Crippen molar-refractivity contribution in [2.45, 2.75) is 53.5 Å². The molecule has 2 aromatic rings. The average molecular weight is 413 g/mol. The minimum Gasteiger partial charge on any atom is -0.467 e. The second-order valence-electron chi connectivity index (χ2n) is 8.58. The van der Waals surface area contributed by atoms with E-state index in [1.165, 1.54) is 18.2 Å². The number of benzene rings is 1. The normalized spacial score (nSPS) is 16.0. The maximum atomic E-state index is 12.7. The van der Waals surface area contributed by atoms with Crippen molar-refractivity contribution in [2.75, 3.05) is 25.1 Å². The van der Waals surface area contributed by atoms with Gasteiger partial charge in [-0.1, -0.05) is 13.8 Å². The van der Waals surface area contributed by atoms with Gasteiger partial charge in [0.05, 0.1) is 18.3 Å². The van der Waals surface area contributed by atoms with Crippen LogP contribution < -0.4 is 10.2 Å². The minimum atomic E-state index is -0.612. The third-order valence-electron chi connectivity index (χ3n) is 6.06. The van der Waals surface area contributed by atoms with E-state index in [0.29, 0.717) is 25.9 Å². The molecule has 7 nitrogen and oxygen atoms in total. The first-order valence-corrected chi connectivity index (χ1v) is 10.6. The van der Waals surface area contributed by atoms with Crippen molar-refractivity contribution in [3.63, 3.8) is 0 Å². The Labute approximate surface area is 178 Å². The average Bonchev–Trinajstić information content (AvgIpc) is 2.72. The molecule has 0 bridgehead atoms. The Balaban J connectivity index is 1.68. The number of fused-ring (bicyclic) bond motifs is 1. The van der Waals surface area contributed by atoms with E-state index in [4.69, 9.17) is 14.7 Å². The molecule has 0 unspecified atom stereocenters. The van der Waals surface area contributed by atoms with Gasteiger partial charge in [-0.3, -0.25) is 4.79 Å². The predicted octanol–water partition coefficient (Wildman–Crippen LogP) is 3.09. The van der Waals surface area contributed by atoms with Gasteiger partial charge in [-0.15, -0.1) is 0 Å². The van der Waals surface area contributed by atoms with E-state index in [1.807, 2.05) is 20.8 Å². The third kappa shape index (κ3) is 4.55. The summed E-state index contributed by atoms with van der Waals surface area (Å²) in [6, 6.07) is 3.65. The SMILES string of the molecule is COC(=O)[C@@H](NC(=O)C1CCN(c2nc(C)c3cc(C)c(C)cc3n2)CC1)C(C)C. The molecule has 1 saturated heterocycles. The van der Waals surface area contributed by atoms with Gasteiger partial charge >= 0.3 is 5.97 Å². The molecule has 0 spiro atoms. The molecule has 0 aliphatic carbocycles. The van der Waals surface area contributed by atoms with Crippen LogP contribution in [0.15, 0.2) is 12.1 Å². The highest BCUT2D eigenvalue weighted by Crippen LogP contribution is 2.26. The van der Waals surface area contributed by atoms with Crippen molar-refractivity contribution >= 4 is 28.7 Å². The number of methoxy groups -OCH3 is 1. The van der Waals surface area contributed by atoms with Crippen molar-refractivity contribution in [3.05, 3.63) is 29.0 Å². The van der Waals surface area contributed by atoms with E-state index < -0.39 is 12.0 Å². The van der Waals surface area contributed by atoms with Crippen molar-refractivity contribution in [1.82, 2.24) is 15.3 Å². The number of nitrogens with zero attached hydrogens (tertiary/aromatic N) is 3. The van der Waals surface area contributed by atoms with Gasteiger partial charge in [-0.25, -0.2) is 14.8 Å². The lowest BCUT2D eigenvalue weighted by atomic mass is 9.94. The predicted molar refractivity (Wildman–Crippen MR) is 117 cm³/mol. The highest BCUT2D eigenvalue weighted by molar-refractivity contribution is 5.86. The van der Waals surface area contributed by atoms with E-state index in [0.717, 1.165) is 22.5 Å². The summed E-state index contributed by atoms with van der Waals surface area (Å²) in [6.07, 6.45) is 1.40. The van der Waals surface area contributed by atoms with Crippen LogP contribution in [-0.2, 0) is 14.3 Å². The number of carbonyl (C=O) groups excluding carboxylic acids is 2. The maximum Gasteiger partial charge on any atom is 0.328 e. The second-order valence-corrected chi connectivity index (χ2v) is 8.58. The Kier molecular flexibility index (Phi) is 6.58. The molecule has 30 heavy (non-hydrogen) atoms. The van der Waals surface area contributed by atoms with Crippen molar-refractivity contribution in [2.24, 2.45) is 11.8 Å². The number of hydrogen-bond donors (Lipinski definition) is 1. The monoisotopic (exact) mass is 412 g/mol. The largest absolute Gasteiger partial charge is 0.467 e. The molecular formula is C23H32N4O3. The van der Waals surface area contributed by atoms with Crippen LogP contribution in [0.1, 0.15) is 43.5 Å². The van der Waals surface area contributed by atoms with E-state index >= 15 is 0 Å². The summed E-state index contributed by atoms with van der Waals surface area (Å²) in [6.45, 7) is 11.4. The van der Waals surface area contributed by atoms with Crippen molar-refractivity contribution < 1.29 is 14.3 Å². The minimum absolute atomic E-state index is 0.0254. The van der Waals surface area contributed by atoms with Crippen molar-refractivity contribution in [3.8, 4) is 0 Å². The van der Waals surface area contributed by atoms with E-state index in [1.54, 1.807) is 0 Å². The van der Waals surface area contributed by atoms with Crippen LogP contribution in [0.3, 0.4) is 0 Å². The topological polar surface area (TPSA) is 84.4 Å². The molecule has 1 aromatic carbocycles. The van der Waals surface area contributed by atoms with Gasteiger partial charge in [-0.05, 0) is 62.8 Å². The lowest BCUT2D eigenvalue weighted by molar-refractivity contribution is -0.147. The highest BCUT2D eigenvalue weighted by Gasteiger charge is 2.31. The fraction of sp³-hybridized carbons (Fsp3) is 0.565. The molecule has 162 valence electrons. The lowest BCUT2D eigenvalue weighted by Crippen LogP contribution is -2.49. The number of nitrogens with one attached hydrogen (secondary N) is 1. The summed E-state index contributed by atoms with van der Waals surface area (Å²) in [5, 5.41) is 3.96. The maximum absolute atomic E-state index is 12.7. The summed E-state index contributed by atoms with van der Waals surface area (Å²) in [4.78, 5) is 36.3. The summed E-state index contributed by atoms with van der Waals surface area (Å²) in [5.41, 5.74) is 4.38. The lowest BCUT2D eigenvalue weighted by Gasteiger charge is -2.32. The number of anilines is 1. The fourth-order valence-electron chi connectivity index (χ4n) is 3.91. The van der Waals surface area contributed by atoms with Gasteiger partial charge in [0, 0.05) is 24.4 Å². The molecule has 2 heterocycles. The van der Waals surface area contributed by atoms with Gasteiger partial charge in [0.2, 0.25) is 11.9 Å². The quantitative estimate of drug-likeness (QED) is 0.760. The Morgan fingerprint density at radius 2 is 1.73 bits per heavy atom. The van der Waals surface area contributed by atoms with Crippen LogP contribution in [0.25, 0.3) is 10.9 Å². The summed E-state index contributed by atoms with van der Waals surface area (Å²) in [7, 11) is 1.34. The third-order valence-corrected chi connectivity index (χ3v) is 6.06. The van der Waals surface area contributed by atoms with E-state index in [2.05, 4.69) is 36.2 Å². The Morgan fingerprint density at radius 3 is 2.33 bits per heavy atom. The molecule has 1 fully saturated rings. The zero-order chi connectivity index (χ0) is 22.0. The summed E-state index contributed by atoms with van der Waals surface area (Å²) >= 11 is 0. The van der Waals surface area contributed by atoms with Gasteiger partial charge in [0.25, 0.3) is 0 Å². The fourth-order valence-corrected chi connectivity index (χ4v) is 3.91. The number of esters is 1. The second kappa shape index (κ2) is 8.98. The Bertz CT molecular complexity index is 949. The molecule has 1 amide bonds. The van der Waals surface area contributed by atoms with Crippen molar-refractivity contribution in [1.29, 1.82) is 0 Å². The zero-order valence-corrected chi connectivity index (χ0v) is 18.8. The molecule has 7 heteroatoms. The van der Waals surface area contributed by atoms with Gasteiger partial charge in [0.1, 0.15) is 6.04 Å².